The third kappa shape index (κ3) is 8.34. The lowest BCUT2D eigenvalue weighted by Gasteiger charge is -2.40. The Balaban J connectivity index is 0.751. The molecule has 0 aromatic heterocycles. The number of piperidine rings is 2. The van der Waals surface area contributed by atoms with Gasteiger partial charge in [0.25, 0.3) is 11.8 Å². The fourth-order valence-corrected chi connectivity index (χ4v) is 9.09. The number of nitriles is 1. The van der Waals surface area contributed by atoms with Crippen molar-refractivity contribution in [2.45, 2.75) is 63.5 Å². The van der Waals surface area contributed by atoms with Gasteiger partial charge in [-0.2, -0.15) is 5.26 Å². The summed E-state index contributed by atoms with van der Waals surface area (Å²) in [6.07, 6.45) is 5.51. The van der Waals surface area contributed by atoms with Crippen molar-refractivity contribution in [1.82, 2.24) is 15.1 Å². The molecule has 2 N–H and O–H groups in total. The monoisotopic (exact) mass is 791 g/mol. The number of nitrogens with one attached hydrogen (secondary N) is 2. The molecule has 4 heterocycles. The summed E-state index contributed by atoms with van der Waals surface area (Å²) in [5.74, 6) is -0.733. The van der Waals surface area contributed by atoms with Crippen molar-refractivity contribution < 1.29 is 28.7 Å². The Morgan fingerprint density at radius 3 is 2.16 bits per heavy atom. The normalized spacial score (nSPS) is 23.2. The zero-order valence-corrected chi connectivity index (χ0v) is 32.5. The SMILES string of the molecule is N#Cc1ccc(O[C@H]2CC[C@H](C(=O)Nc3ccc(N4CCC(CN5CCN(c6ccc7c(c6)C(=O)N(C6CCC(=O)NC6=O)C7=O)CC5)CC4)cc3)CC2)cc1Cl. The topological polar surface area (TPSA) is 155 Å². The van der Waals surface area contributed by atoms with Crippen LogP contribution in [0.25, 0.3) is 0 Å². The van der Waals surface area contributed by atoms with Crippen molar-refractivity contribution in [2.24, 2.45) is 11.8 Å². The minimum Gasteiger partial charge on any atom is -0.490 e. The standard InChI is InChI=1S/C43H46ClN7O6/c44-37-24-34(11-3-29(37)25-45)57-33-9-1-28(2-10-33)40(53)46-30-4-6-31(7-5-30)49-17-15-27(16-18-49)26-48-19-21-50(22-20-48)32-8-12-35-36(23-32)43(56)51(42(35)55)38-13-14-39(52)47-41(38)54/h3-8,11-12,23-24,27-28,33,38H,1-2,9-10,13-22,26H2,(H,46,53)(H,47,52,54)/t28-,33-,38?. The van der Waals surface area contributed by atoms with Gasteiger partial charge in [-0.05, 0) is 105 Å². The molecule has 13 nitrogen and oxygen atoms in total. The molecule has 3 saturated heterocycles. The van der Waals surface area contributed by atoms with Gasteiger partial charge in [0.1, 0.15) is 17.9 Å². The van der Waals surface area contributed by atoms with E-state index in [9.17, 15) is 24.0 Å². The Morgan fingerprint density at radius 1 is 0.789 bits per heavy atom. The molecule has 57 heavy (non-hydrogen) atoms. The lowest BCUT2D eigenvalue weighted by Crippen LogP contribution is -2.54. The lowest BCUT2D eigenvalue weighted by molar-refractivity contribution is -0.136. The number of benzene rings is 3. The van der Waals surface area contributed by atoms with Crippen LogP contribution in [0.15, 0.2) is 60.7 Å². The summed E-state index contributed by atoms with van der Waals surface area (Å²) in [6.45, 7) is 6.44. The van der Waals surface area contributed by atoms with E-state index in [1.807, 2.05) is 18.2 Å². The smallest absolute Gasteiger partial charge is 0.262 e. The Bertz CT molecular complexity index is 2100. The average Bonchev–Trinajstić information content (AvgIpc) is 3.47. The zero-order valence-electron chi connectivity index (χ0n) is 31.8. The van der Waals surface area contributed by atoms with E-state index in [4.69, 9.17) is 21.6 Å². The fraction of sp³-hybridized carbons (Fsp3) is 0.442. The number of carbonyl (C=O) groups excluding carboxylic acids is 5. The summed E-state index contributed by atoms with van der Waals surface area (Å²) in [5, 5.41) is 14.8. The first-order valence-electron chi connectivity index (χ1n) is 20.0. The van der Waals surface area contributed by atoms with E-state index in [0.29, 0.717) is 33.4 Å². The van der Waals surface area contributed by atoms with Crippen LogP contribution in [0.1, 0.15) is 77.6 Å². The Labute approximate surface area is 336 Å². The van der Waals surface area contributed by atoms with Gasteiger partial charge in [-0.3, -0.25) is 39.1 Å². The molecule has 0 bridgehead atoms. The van der Waals surface area contributed by atoms with E-state index >= 15 is 0 Å². The van der Waals surface area contributed by atoms with Gasteiger partial charge in [-0.25, -0.2) is 0 Å². The number of ether oxygens (including phenoxy) is 1. The third-order valence-corrected chi connectivity index (χ3v) is 12.5. The van der Waals surface area contributed by atoms with Crippen molar-refractivity contribution in [1.29, 1.82) is 5.26 Å². The van der Waals surface area contributed by atoms with E-state index in [1.54, 1.807) is 30.3 Å². The maximum atomic E-state index is 13.3. The first kappa shape index (κ1) is 38.4. The van der Waals surface area contributed by atoms with Crippen LogP contribution in [0.4, 0.5) is 17.1 Å². The molecule has 296 valence electrons. The molecule has 14 heteroatoms. The molecule has 0 spiro atoms. The number of imide groups is 2. The first-order chi connectivity index (χ1) is 27.6. The van der Waals surface area contributed by atoms with Crippen LogP contribution in [-0.4, -0.2) is 97.3 Å². The van der Waals surface area contributed by atoms with Gasteiger partial charge in [0, 0.05) is 81.3 Å². The molecule has 1 atom stereocenters. The lowest BCUT2D eigenvalue weighted by atomic mass is 9.86. The number of rotatable bonds is 9. The highest BCUT2D eigenvalue weighted by Gasteiger charge is 2.45. The van der Waals surface area contributed by atoms with Crippen LogP contribution in [0.5, 0.6) is 5.75 Å². The second kappa shape index (κ2) is 16.6. The van der Waals surface area contributed by atoms with Crippen molar-refractivity contribution in [3.05, 3.63) is 82.4 Å². The second-order valence-electron chi connectivity index (χ2n) is 15.8. The Morgan fingerprint density at radius 2 is 1.47 bits per heavy atom. The third-order valence-electron chi connectivity index (χ3n) is 12.2. The predicted molar refractivity (Wildman–Crippen MR) is 214 cm³/mol. The van der Waals surface area contributed by atoms with Crippen molar-refractivity contribution in [2.75, 3.05) is 60.9 Å². The number of carbonyl (C=O) groups is 5. The number of amides is 5. The summed E-state index contributed by atoms with van der Waals surface area (Å²) in [6, 6.07) is 19.7. The minimum absolute atomic E-state index is 0.0147. The number of anilines is 3. The molecule has 1 aliphatic carbocycles. The summed E-state index contributed by atoms with van der Waals surface area (Å²) in [7, 11) is 0. The van der Waals surface area contributed by atoms with Crippen LogP contribution in [0, 0.1) is 23.2 Å². The molecule has 5 aliphatic rings. The highest BCUT2D eigenvalue weighted by Crippen LogP contribution is 2.33. The molecule has 0 radical (unpaired) electrons. The summed E-state index contributed by atoms with van der Waals surface area (Å²) < 4.78 is 6.09. The number of piperazine rings is 1. The van der Waals surface area contributed by atoms with Crippen LogP contribution in [-0.2, 0) is 14.4 Å². The maximum absolute atomic E-state index is 13.3. The van der Waals surface area contributed by atoms with E-state index in [0.717, 1.165) is 106 Å². The van der Waals surface area contributed by atoms with Gasteiger partial charge in [0.05, 0.1) is 27.8 Å². The summed E-state index contributed by atoms with van der Waals surface area (Å²) in [5.41, 5.74) is 3.88. The quantitative estimate of drug-likeness (QED) is 0.276. The van der Waals surface area contributed by atoms with E-state index in [2.05, 4.69) is 43.5 Å². The van der Waals surface area contributed by atoms with E-state index in [1.165, 1.54) is 0 Å². The maximum Gasteiger partial charge on any atom is 0.262 e. The average molecular weight is 792 g/mol. The van der Waals surface area contributed by atoms with Crippen LogP contribution < -0.4 is 25.2 Å². The molecule has 8 rings (SSSR count). The van der Waals surface area contributed by atoms with Crippen LogP contribution >= 0.6 is 11.6 Å². The molecule has 5 amide bonds. The second-order valence-corrected chi connectivity index (χ2v) is 16.2. The van der Waals surface area contributed by atoms with Crippen molar-refractivity contribution >= 4 is 58.2 Å². The highest BCUT2D eigenvalue weighted by atomic mass is 35.5. The van der Waals surface area contributed by atoms with Gasteiger partial charge in [0.2, 0.25) is 17.7 Å². The van der Waals surface area contributed by atoms with E-state index in [-0.39, 0.29) is 30.8 Å². The molecular weight excluding hydrogens is 746 g/mol. The molecule has 4 fully saturated rings. The van der Waals surface area contributed by atoms with Crippen molar-refractivity contribution in [3.63, 3.8) is 0 Å². The molecule has 3 aromatic carbocycles. The molecule has 1 saturated carbocycles. The van der Waals surface area contributed by atoms with Gasteiger partial charge in [-0.1, -0.05) is 11.6 Å². The molecule has 4 aliphatic heterocycles. The van der Waals surface area contributed by atoms with Crippen molar-refractivity contribution in [3.8, 4) is 11.8 Å². The predicted octanol–water partition coefficient (Wildman–Crippen LogP) is 5.23. The number of halogens is 1. The summed E-state index contributed by atoms with van der Waals surface area (Å²) >= 11 is 6.15. The Hall–Kier alpha value is -5.45. The Kier molecular flexibility index (Phi) is 11.2. The molecular formula is C43H46ClN7O6. The van der Waals surface area contributed by atoms with Gasteiger partial charge in [0.15, 0.2) is 0 Å². The van der Waals surface area contributed by atoms with Gasteiger partial charge in [-0.15, -0.1) is 0 Å². The van der Waals surface area contributed by atoms with E-state index < -0.39 is 29.7 Å². The first-order valence-corrected chi connectivity index (χ1v) is 20.4. The molecule has 1 unspecified atom stereocenters. The van der Waals surface area contributed by atoms with Crippen LogP contribution in [0.3, 0.4) is 0 Å². The fourth-order valence-electron chi connectivity index (χ4n) is 8.88. The van der Waals surface area contributed by atoms with Gasteiger partial charge < -0.3 is 19.9 Å². The number of nitrogens with zero attached hydrogens (tertiary/aromatic N) is 5. The molecule has 3 aromatic rings. The highest BCUT2D eigenvalue weighted by molar-refractivity contribution is 6.31. The largest absolute Gasteiger partial charge is 0.490 e. The minimum atomic E-state index is -0.970. The van der Waals surface area contributed by atoms with Crippen LogP contribution in [0.2, 0.25) is 5.02 Å². The van der Waals surface area contributed by atoms with Gasteiger partial charge >= 0.3 is 0 Å². The summed E-state index contributed by atoms with van der Waals surface area (Å²) in [4.78, 5) is 71.8. The zero-order chi connectivity index (χ0) is 39.6. The number of hydrogen-bond acceptors (Lipinski definition) is 10. The number of hydrogen-bond donors (Lipinski definition) is 2. The number of fused-ring (bicyclic) bond motifs is 1.